The molecule has 0 saturated heterocycles. The van der Waals surface area contributed by atoms with Crippen LogP contribution in [0.5, 0.6) is 0 Å². The number of aromatic nitrogens is 3. The Balaban J connectivity index is 1.59. The molecular formula is C20H18BrClFN5O2S. The zero-order valence-electron chi connectivity index (χ0n) is 16.5. The monoisotopic (exact) mass is 525 g/mol. The molecule has 7 nitrogen and oxygen atoms in total. The number of hydrogen-bond donors (Lipinski definition) is 2. The first-order valence-electron chi connectivity index (χ1n) is 9.08. The Morgan fingerprint density at radius 1 is 1.26 bits per heavy atom. The lowest BCUT2D eigenvalue weighted by molar-refractivity contribution is -0.113. The van der Waals surface area contributed by atoms with Crippen LogP contribution in [-0.4, -0.2) is 32.3 Å². The van der Waals surface area contributed by atoms with Gasteiger partial charge in [0.2, 0.25) is 5.91 Å². The van der Waals surface area contributed by atoms with Gasteiger partial charge in [0.05, 0.1) is 17.5 Å². The fraction of sp³-hybridized carbons (Fsp3) is 0.200. The molecule has 0 saturated carbocycles. The van der Waals surface area contributed by atoms with Crippen LogP contribution in [0.15, 0.2) is 52.1 Å². The average molecular weight is 527 g/mol. The van der Waals surface area contributed by atoms with Gasteiger partial charge in [0.15, 0.2) is 11.0 Å². The van der Waals surface area contributed by atoms with Gasteiger partial charge in [-0.25, -0.2) is 4.39 Å². The van der Waals surface area contributed by atoms with Crippen molar-refractivity contribution >= 4 is 56.8 Å². The second-order valence-corrected chi connectivity index (χ2v) is 8.86. The van der Waals surface area contributed by atoms with E-state index in [1.807, 2.05) is 0 Å². The second kappa shape index (κ2) is 10.3. The van der Waals surface area contributed by atoms with Crippen LogP contribution in [0.2, 0.25) is 5.02 Å². The molecule has 1 heterocycles. The largest absolute Gasteiger partial charge is 0.342 e. The predicted octanol–water partition coefficient (Wildman–Crippen LogP) is 4.59. The van der Waals surface area contributed by atoms with Gasteiger partial charge in [-0.15, -0.1) is 10.2 Å². The van der Waals surface area contributed by atoms with Crippen LogP contribution >= 0.6 is 39.3 Å². The van der Waals surface area contributed by atoms with Gasteiger partial charge in [0.1, 0.15) is 5.82 Å². The molecule has 1 atom stereocenters. The third kappa shape index (κ3) is 6.05. The lowest BCUT2D eigenvalue weighted by atomic mass is 10.2. The third-order valence-corrected chi connectivity index (χ3v) is 5.98. The smallest absolute Gasteiger partial charge is 0.251 e. The first-order valence-corrected chi connectivity index (χ1v) is 11.2. The molecule has 162 valence electrons. The number of hydrogen-bond acceptors (Lipinski definition) is 5. The number of halogens is 3. The van der Waals surface area contributed by atoms with Gasteiger partial charge in [0.25, 0.3) is 5.91 Å². The van der Waals surface area contributed by atoms with E-state index in [0.717, 1.165) is 11.8 Å². The Labute approximate surface area is 195 Å². The Morgan fingerprint density at radius 2 is 2.03 bits per heavy atom. The Hall–Kier alpha value is -2.43. The maximum Gasteiger partial charge on any atom is 0.251 e. The third-order valence-electron chi connectivity index (χ3n) is 4.23. The Bertz CT molecular complexity index is 1130. The number of thioether (sulfide) groups is 1. The average Bonchev–Trinajstić information content (AvgIpc) is 3.09. The van der Waals surface area contributed by atoms with Crippen molar-refractivity contribution in [2.75, 3.05) is 11.1 Å². The lowest BCUT2D eigenvalue weighted by Crippen LogP contribution is -2.28. The standard InChI is InChI=1S/C20H18BrClFN5O2S/c1-11(24-19(30)12-4-3-5-14(22)8-12)18-26-27-20(28(18)2)31-10-17(29)25-16-7-6-13(21)9-15(16)23/h3-9,11H,10H2,1-2H3,(H,24,30)(H,25,29)/t11-/m1/s1. The van der Waals surface area contributed by atoms with Crippen LogP contribution in [-0.2, 0) is 11.8 Å². The van der Waals surface area contributed by atoms with E-state index < -0.39 is 11.9 Å². The van der Waals surface area contributed by atoms with Gasteiger partial charge >= 0.3 is 0 Å². The maximum absolute atomic E-state index is 13.9. The molecular weight excluding hydrogens is 509 g/mol. The molecule has 0 fully saturated rings. The van der Waals surface area contributed by atoms with Crippen molar-refractivity contribution in [1.82, 2.24) is 20.1 Å². The van der Waals surface area contributed by atoms with Gasteiger partial charge in [-0.2, -0.15) is 0 Å². The second-order valence-electron chi connectivity index (χ2n) is 6.57. The fourth-order valence-corrected chi connectivity index (χ4v) is 3.95. The molecule has 11 heteroatoms. The summed E-state index contributed by atoms with van der Waals surface area (Å²) in [5.74, 6) is -0.651. The Kier molecular flexibility index (Phi) is 7.69. The minimum atomic E-state index is -0.530. The van der Waals surface area contributed by atoms with E-state index in [-0.39, 0.29) is 23.3 Å². The van der Waals surface area contributed by atoms with Gasteiger partial charge in [-0.1, -0.05) is 45.4 Å². The minimum Gasteiger partial charge on any atom is -0.342 e. The lowest BCUT2D eigenvalue weighted by Gasteiger charge is -2.14. The summed E-state index contributed by atoms with van der Waals surface area (Å²) in [4.78, 5) is 24.6. The van der Waals surface area contributed by atoms with Crippen molar-refractivity contribution in [2.45, 2.75) is 18.1 Å². The van der Waals surface area contributed by atoms with Crippen LogP contribution in [0.3, 0.4) is 0 Å². The molecule has 3 aromatic rings. The van der Waals surface area contributed by atoms with Gasteiger partial charge in [0, 0.05) is 22.1 Å². The normalized spacial score (nSPS) is 11.8. The van der Waals surface area contributed by atoms with Crippen LogP contribution in [0.4, 0.5) is 10.1 Å². The first kappa shape index (κ1) is 23.2. The minimum absolute atomic E-state index is 0.0186. The molecule has 0 bridgehead atoms. The van der Waals surface area contributed by atoms with Crippen LogP contribution in [0.25, 0.3) is 0 Å². The number of nitrogens with zero attached hydrogens (tertiary/aromatic N) is 3. The molecule has 0 aliphatic heterocycles. The van der Waals surface area contributed by atoms with E-state index in [1.54, 1.807) is 48.9 Å². The van der Waals surface area contributed by atoms with Crippen LogP contribution in [0.1, 0.15) is 29.1 Å². The van der Waals surface area contributed by atoms with Gasteiger partial charge in [-0.3, -0.25) is 9.59 Å². The molecule has 0 spiro atoms. The molecule has 3 rings (SSSR count). The van der Waals surface area contributed by atoms with Gasteiger partial charge < -0.3 is 15.2 Å². The van der Waals surface area contributed by atoms with E-state index >= 15 is 0 Å². The summed E-state index contributed by atoms with van der Waals surface area (Å²) in [7, 11) is 1.74. The number of amides is 2. The van der Waals surface area contributed by atoms with Crippen molar-refractivity contribution in [3.05, 3.63) is 69.2 Å². The SMILES string of the molecule is C[C@@H](NC(=O)c1cccc(Cl)c1)c1nnc(SCC(=O)Nc2ccc(Br)cc2F)n1C. The van der Waals surface area contributed by atoms with Crippen molar-refractivity contribution in [3.8, 4) is 0 Å². The molecule has 2 N–H and O–H groups in total. The maximum atomic E-state index is 13.9. The quantitative estimate of drug-likeness (QED) is 0.440. The van der Waals surface area contributed by atoms with Crippen molar-refractivity contribution in [1.29, 1.82) is 0 Å². The summed E-state index contributed by atoms with van der Waals surface area (Å²) < 4.78 is 16.1. The number of rotatable bonds is 7. The fourth-order valence-electron chi connectivity index (χ4n) is 2.71. The van der Waals surface area contributed by atoms with E-state index in [0.29, 0.717) is 26.0 Å². The number of nitrogens with one attached hydrogen (secondary N) is 2. The highest BCUT2D eigenvalue weighted by molar-refractivity contribution is 9.10. The summed E-state index contributed by atoms with van der Waals surface area (Å²) >= 11 is 10.3. The number of carbonyl (C=O) groups is 2. The topological polar surface area (TPSA) is 88.9 Å². The van der Waals surface area contributed by atoms with Crippen LogP contribution in [0, 0.1) is 5.82 Å². The summed E-state index contributed by atoms with van der Waals surface area (Å²) in [6.07, 6.45) is 0. The van der Waals surface area contributed by atoms with Crippen molar-refractivity contribution in [2.24, 2.45) is 7.05 Å². The highest BCUT2D eigenvalue weighted by atomic mass is 79.9. The highest BCUT2D eigenvalue weighted by Crippen LogP contribution is 2.22. The van der Waals surface area contributed by atoms with Crippen LogP contribution < -0.4 is 10.6 Å². The molecule has 0 aliphatic rings. The summed E-state index contributed by atoms with van der Waals surface area (Å²) in [6.45, 7) is 1.78. The predicted molar refractivity (Wildman–Crippen MR) is 122 cm³/mol. The molecule has 0 aliphatic carbocycles. The first-order chi connectivity index (χ1) is 14.7. The molecule has 0 radical (unpaired) electrons. The molecule has 1 aromatic heterocycles. The molecule has 0 unspecified atom stereocenters. The van der Waals surface area contributed by atoms with Crippen molar-refractivity contribution < 1.29 is 14.0 Å². The number of anilines is 1. The van der Waals surface area contributed by atoms with Crippen molar-refractivity contribution in [3.63, 3.8) is 0 Å². The van der Waals surface area contributed by atoms with E-state index in [1.165, 1.54) is 12.1 Å². The van der Waals surface area contributed by atoms with E-state index in [9.17, 15) is 14.0 Å². The number of carbonyl (C=O) groups excluding carboxylic acids is 2. The Morgan fingerprint density at radius 3 is 2.74 bits per heavy atom. The summed E-state index contributed by atoms with van der Waals surface area (Å²) in [5.41, 5.74) is 0.540. The molecule has 2 aromatic carbocycles. The highest BCUT2D eigenvalue weighted by Gasteiger charge is 2.19. The van der Waals surface area contributed by atoms with Gasteiger partial charge in [-0.05, 0) is 43.3 Å². The van der Waals surface area contributed by atoms with E-state index in [4.69, 9.17) is 11.6 Å². The molecule has 31 heavy (non-hydrogen) atoms. The summed E-state index contributed by atoms with van der Waals surface area (Å²) in [6, 6.07) is 10.6. The molecule has 2 amide bonds. The summed E-state index contributed by atoms with van der Waals surface area (Å²) in [5, 5.41) is 14.5. The van der Waals surface area contributed by atoms with E-state index in [2.05, 4.69) is 36.8 Å². The zero-order chi connectivity index (χ0) is 22.5. The zero-order valence-corrected chi connectivity index (χ0v) is 19.7. The number of benzene rings is 2.